The molecular weight excluding hydrogens is 242 g/mol. The van der Waals surface area contributed by atoms with Gasteiger partial charge in [0.15, 0.2) is 5.78 Å². The second kappa shape index (κ2) is 4.72. The van der Waals surface area contributed by atoms with Crippen molar-refractivity contribution < 1.29 is 14.3 Å². The highest BCUT2D eigenvalue weighted by Crippen LogP contribution is 2.22. The van der Waals surface area contributed by atoms with Crippen LogP contribution in [-0.2, 0) is 9.53 Å². The summed E-state index contributed by atoms with van der Waals surface area (Å²) >= 11 is 0. The van der Waals surface area contributed by atoms with Crippen molar-refractivity contribution in [3.8, 4) is 0 Å². The maximum absolute atomic E-state index is 12.1. The molecule has 0 atom stereocenters. The molecular formula is C15H13NO3. The molecule has 96 valence electrons. The van der Waals surface area contributed by atoms with Crippen molar-refractivity contribution in [2.24, 2.45) is 0 Å². The number of carbonyl (C=O) groups is 2. The molecule has 1 N–H and O–H groups in total. The first kappa shape index (κ1) is 11.7. The van der Waals surface area contributed by atoms with E-state index in [1.165, 1.54) is 6.08 Å². The molecule has 0 unspecified atom stereocenters. The number of para-hydroxylation sites is 1. The predicted octanol–water partition coefficient (Wildman–Crippen LogP) is 2.96. The Morgan fingerprint density at radius 1 is 1.21 bits per heavy atom. The molecule has 1 aromatic carbocycles. The number of ketones is 1. The van der Waals surface area contributed by atoms with Gasteiger partial charge in [0.05, 0.1) is 5.56 Å². The van der Waals surface area contributed by atoms with Gasteiger partial charge >= 0.3 is 5.97 Å². The van der Waals surface area contributed by atoms with Crippen molar-refractivity contribution in [2.45, 2.75) is 19.3 Å². The lowest BCUT2D eigenvalue weighted by atomic mass is 10.1. The van der Waals surface area contributed by atoms with Gasteiger partial charge in [-0.15, -0.1) is 0 Å². The van der Waals surface area contributed by atoms with Crippen molar-refractivity contribution in [3.05, 3.63) is 47.9 Å². The maximum atomic E-state index is 12.1. The van der Waals surface area contributed by atoms with Gasteiger partial charge in [0, 0.05) is 36.0 Å². The van der Waals surface area contributed by atoms with Gasteiger partial charge in [-0.3, -0.25) is 4.79 Å². The van der Waals surface area contributed by atoms with Gasteiger partial charge in [-0.2, -0.15) is 0 Å². The molecule has 4 nitrogen and oxygen atoms in total. The lowest BCUT2D eigenvalue weighted by Gasteiger charge is -2.11. The van der Waals surface area contributed by atoms with E-state index in [4.69, 9.17) is 4.74 Å². The summed E-state index contributed by atoms with van der Waals surface area (Å²) in [7, 11) is 0. The summed E-state index contributed by atoms with van der Waals surface area (Å²) in [5.41, 5.74) is 1.39. The maximum Gasteiger partial charge on any atom is 0.345 e. The minimum Gasteiger partial charge on any atom is -0.427 e. The zero-order valence-corrected chi connectivity index (χ0v) is 10.3. The Labute approximate surface area is 110 Å². The lowest BCUT2D eigenvalue weighted by Crippen LogP contribution is -2.10. The standard InChI is InChI=1S/C15H13NO3/c17-10-4-3-5-11(8-10)19-15(18)13-9-16-14-7-2-1-6-12(13)14/h1-2,6-9,16H,3-5H2. The molecule has 3 rings (SSSR count). The van der Waals surface area contributed by atoms with Gasteiger partial charge < -0.3 is 9.72 Å². The van der Waals surface area contributed by atoms with Crippen molar-refractivity contribution in [2.75, 3.05) is 0 Å². The summed E-state index contributed by atoms with van der Waals surface area (Å²) in [5, 5.41) is 0.829. The number of H-pyrrole nitrogens is 1. The smallest absolute Gasteiger partial charge is 0.345 e. The van der Waals surface area contributed by atoms with Crippen LogP contribution in [0.25, 0.3) is 10.9 Å². The number of nitrogens with one attached hydrogen (secondary N) is 1. The van der Waals surface area contributed by atoms with Crippen molar-refractivity contribution in [1.29, 1.82) is 0 Å². The van der Waals surface area contributed by atoms with Crippen LogP contribution in [0.1, 0.15) is 29.6 Å². The Morgan fingerprint density at radius 3 is 2.89 bits per heavy atom. The number of hydrogen-bond donors (Lipinski definition) is 1. The minimum absolute atomic E-state index is 0.0213. The molecule has 0 bridgehead atoms. The monoisotopic (exact) mass is 255 g/mol. The molecule has 0 saturated carbocycles. The van der Waals surface area contributed by atoms with E-state index in [0.717, 1.165) is 17.3 Å². The van der Waals surface area contributed by atoms with E-state index in [-0.39, 0.29) is 5.78 Å². The number of benzene rings is 1. The number of aromatic nitrogens is 1. The van der Waals surface area contributed by atoms with E-state index in [2.05, 4.69) is 4.98 Å². The van der Waals surface area contributed by atoms with Gasteiger partial charge in [0.2, 0.25) is 0 Å². The molecule has 1 aliphatic rings. The molecule has 0 fully saturated rings. The second-order valence-electron chi connectivity index (χ2n) is 4.57. The van der Waals surface area contributed by atoms with Crippen LogP contribution in [0, 0.1) is 0 Å². The van der Waals surface area contributed by atoms with Crippen LogP contribution in [0.5, 0.6) is 0 Å². The van der Waals surface area contributed by atoms with Gasteiger partial charge in [-0.05, 0) is 12.5 Å². The highest BCUT2D eigenvalue weighted by atomic mass is 16.5. The third-order valence-electron chi connectivity index (χ3n) is 3.20. The van der Waals surface area contributed by atoms with Crippen LogP contribution in [0.2, 0.25) is 0 Å². The molecule has 4 heteroatoms. The molecule has 0 radical (unpaired) electrons. The molecule has 2 aromatic rings. The van der Waals surface area contributed by atoms with Crippen LogP contribution >= 0.6 is 0 Å². The summed E-state index contributed by atoms with van der Waals surface area (Å²) in [6, 6.07) is 7.53. The summed E-state index contributed by atoms with van der Waals surface area (Å²) < 4.78 is 5.30. The lowest BCUT2D eigenvalue weighted by molar-refractivity contribution is -0.115. The van der Waals surface area contributed by atoms with Crippen LogP contribution in [0.15, 0.2) is 42.3 Å². The Bertz CT molecular complexity index is 682. The predicted molar refractivity (Wildman–Crippen MR) is 70.7 cm³/mol. The van der Waals surface area contributed by atoms with E-state index >= 15 is 0 Å². The largest absolute Gasteiger partial charge is 0.427 e. The Balaban J connectivity index is 1.86. The summed E-state index contributed by atoms with van der Waals surface area (Å²) in [4.78, 5) is 26.4. The molecule has 1 aliphatic carbocycles. The number of hydrogen-bond acceptors (Lipinski definition) is 3. The number of esters is 1. The Kier molecular flexibility index (Phi) is 2.91. The Hall–Kier alpha value is -2.36. The highest BCUT2D eigenvalue weighted by Gasteiger charge is 2.18. The summed E-state index contributed by atoms with van der Waals surface area (Å²) in [5.74, 6) is 0.0675. The minimum atomic E-state index is -0.418. The zero-order chi connectivity index (χ0) is 13.2. The van der Waals surface area contributed by atoms with Crippen molar-refractivity contribution >= 4 is 22.7 Å². The first-order valence-corrected chi connectivity index (χ1v) is 6.26. The quantitative estimate of drug-likeness (QED) is 0.839. The molecule has 0 amide bonds. The van der Waals surface area contributed by atoms with E-state index in [1.54, 1.807) is 6.20 Å². The van der Waals surface area contributed by atoms with Gasteiger partial charge in [0.25, 0.3) is 0 Å². The fourth-order valence-corrected chi connectivity index (χ4v) is 2.26. The Morgan fingerprint density at radius 2 is 2.05 bits per heavy atom. The average Bonchev–Trinajstić information content (AvgIpc) is 2.82. The van der Waals surface area contributed by atoms with Crippen molar-refractivity contribution in [1.82, 2.24) is 4.98 Å². The summed E-state index contributed by atoms with van der Waals surface area (Å²) in [6.07, 6.45) is 4.98. The molecule has 1 heterocycles. The topological polar surface area (TPSA) is 59.2 Å². The van der Waals surface area contributed by atoms with Gasteiger partial charge in [-0.25, -0.2) is 4.79 Å². The number of aromatic amines is 1. The number of carbonyl (C=O) groups excluding carboxylic acids is 2. The molecule has 0 aliphatic heterocycles. The van der Waals surface area contributed by atoms with E-state index in [9.17, 15) is 9.59 Å². The first-order chi connectivity index (χ1) is 9.24. The third-order valence-corrected chi connectivity index (χ3v) is 3.20. The molecule has 0 spiro atoms. The van der Waals surface area contributed by atoms with E-state index < -0.39 is 5.97 Å². The fourth-order valence-electron chi connectivity index (χ4n) is 2.26. The van der Waals surface area contributed by atoms with Gasteiger partial charge in [0.1, 0.15) is 5.76 Å². The van der Waals surface area contributed by atoms with E-state index in [1.807, 2.05) is 24.3 Å². The number of rotatable bonds is 2. The number of allylic oxidation sites excluding steroid dienone is 2. The average molecular weight is 255 g/mol. The number of fused-ring (bicyclic) bond motifs is 1. The van der Waals surface area contributed by atoms with Crippen LogP contribution in [-0.4, -0.2) is 16.7 Å². The zero-order valence-electron chi connectivity index (χ0n) is 10.3. The highest BCUT2D eigenvalue weighted by molar-refractivity contribution is 6.04. The van der Waals surface area contributed by atoms with Crippen molar-refractivity contribution in [3.63, 3.8) is 0 Å². The normalized spacial score (nSPS) is 15.4. The summed E-state index contributed by atoms with van der Waals surface area (Å²) in [6.45, 7) is 0. The fraction of sp³-hybridized carbons (Fsp3) is 0.200. The third kappa shape index (κ3) is 2.29. The van der Waals surface area contributed by atoms with Gasteiger partial charge in [-0.1, -0.05) is 18.2 Å². The molecule has 0 saturated heterocycles. The molecule has 19 heavy (non-hydrogen) atoms. The van der Waals surface area contributed by atoms with E-state index in [0.29, 0.717) is 24.2 Å². The SMILES string of the molecule is O=C1C=C(OC(=O)c2c[nH]c3ccccc23)CCC1. The molecule has 1 aromatic heterocycles. The second-order valence-corrected chi connectivity index (χ2v) is 4.57. The van der Waals surface area contributed by atoms with Crippen LogP contribution < -0.4 is 0 Å². The first-order valence-electron chi connectivity index (χ1n) is 6.26. The van der Waals surface area contributed by atoms with Crippen LogP contribution in [0.4, 0.5) is 0 Å². The number of ether oxygens (including phenoxy) is 1. The van der Waals surface area contributed by atoms with Crippen LogP contribution in [0.3, 0.4) is 0 Å².